The van der Waals surface area contributed by atoms with Crippen molar-refractivity contribution in [3.8, 4) is 0 Å². The van der Waals surface area contributed by atoms with Gasteiger partial charge < -0.3 is 14.6 Å². The van der Waals surface area contributed by atoms with Crippen molar-refractivity contribution >= 4 is 38.5 Å². The number of nitrogens with one attached hydrogen (secondary N) is 2. The highest BCUT2D eigenvalue weighted by Crippen LogP contribution is 2.52. The molecule has 7 aliphatic rings. The number of ether oxygens (including phenoxy) is 1. The number of alkyl halides is 9. The van der Waals surface area contributed by atoms with E-state index in [1.54, 1.807) is 18.2 Å². The van der Waals surface area contributed by atoms with Crippen molar-refractivity contribution in [1.82, 2.24) is 18.1 Å². The number of hydrogen-bond donors (Lipinski definition) is 2. The van der Waals surface area contributed by atoms with Gasteiger partial charge in [-0.05, 0) is 121 Å². The van der Waals surface area contributed by atoms with Crippen molar-refractivity contribution in [3.63, 3.8) is 0 Å². The fourth-order valence-electron chi connectivity index (χ4n) is 12.1. The molecule has 2 saturated carbocycles. The second-order valence-electron chi connectivity index (χ2n) is 19.6. The first-order valence-corrected chi connectivity index (χ1v) is 25.5. The summed E-state index contributed by atoms with van der Waals surface area (Å²) in [5, 5.41) is 12.8. The van der Waals surface area contributed by atoms with Crippen LogP contribution in [0.5, 0.6) is 0 Å². The lowest BCUT2D eigenvalue weighted by Crippen LogP contribution is -2.52. The Labute approximate surface area is 389 Å². The van der Waals surface area contributed by atoms with Crippen LogP contribution in [0.3, 0.4) is 0 Å². The summed E-state index contributed by atoms with van der Waals surface area (Å²) in [5.74, 6) is -2.29. The van der Waals surface area contributed by atoms with Gasteiger partial charge in [0.1, 0.15) is 13.1 Å². The maximum absolute atomic E-state index is 13.1. The van der Waals surface area contributed by atoms with Gasteiger partial charge in [-0.3, -0.25) is 0 Å². The summed E-state index contributed by atoms with van der Waals surface area (Å²) in [7, 11) is -7.14. The number of carbonyl (C=O) groups excluding carboxylic acids is 1. The molecule has 12 nitrogen and oxygen atoms in total. The summed E-state index contributed by atoms with van der Waals surface area (Å²) >= 11 is 0. The van der Waals surface area contributed by atoms with Gasteiger partial charge in [-0.1, -0.05) is 42.5 Å². The van der Waals surface area contributed by atoms with E-state index in [1.807, 2.05) is 36.4 Å². The molecule has 2 aromatic rings. The number of likely N-dealkylation sites (tertiary alicyclic amines) is 1. The number of quaternary nitrogens is 1. The van der Waals surface area contributed by atoms with Crippen LogP contribution in [-0.4, -0.2) is 119 Å². The minimum Gasteiger partial charge on any atom is -0.633 e. The molecule has 23 heteroatoms. The minimum absolute atomic E-state index is 0.0618. The van der Waals surface area contributed by atoms with Crippen LogP contribution in [0.25, 0.3) is 12.2 Å². The molecule has 3 aliphatic heterocycles. The number of rotatable bonds is 7. The Balaban J connectivity index is 0.000000189. The Kier molecular flexibility index (Phi) is 13.6. The number of hydrogen-bond acceptors (Lipinski definition) is 7. The van der Waals surface area contributed by atoms with E-state index in [2.05, 4.69) is 14.2 Å². The fourth-order valence-corrected chi connectivity index (χ4v) is 15.5. The number of fused-ring (bicyclic) bond motifs is 2. The van der Waals surface area contributed by atoms with Crippen LogP contribution in [0.15, 0.2) is 48.6 Å². The second kappa shape index (κ2) is 18.2. The van der Waals surface area contributed by atoms with Crippen LogP contribution in [0.4, 0.5) is 39.5 Å². The van der Waals surface area contributed by atoms with Crippen LogP contribution in [0.2, 0.25) is 0 Å². The molecule has 376 valence electrons. The summed E-state index contributed by atoms with van der Waals surface area (Å²) in [6.45, 7) is -3.43. The van der Waals surface area contributed by atoms with Crippen molar-refractivity contribution in [2.24, 2.45) is 29.6 Å². The normalized spacial score (nSPS) is 33.4. The van der Waals surface area contributed by atoms with Gasteiger partial charge >= 0.3 is 24.5 Å². The van der Waals surface area contributed by atoms with Crippen LogP contribution in [0.1, 0.15) is 71.9 Å². The molecule has 0 amide bonds. The van der Waals surface area contributed by atoms with Gasteiger partial charge in [-0.2, -0.15) is 74.4 Å². The summed E-state index contributed by atoms with van der Waals surface area (Å²) in [4.78, 5) is 11.3. The van der Waals surface area contributed by atoms with Gasteiger partial charge in [-0.25, -0.2) is 4.79 Å². The second-order valence-corrected chi connectivity index (χ2v) is 23.0. The average molecular weight is 1010 g/mol. The molecule has 2 aromatic carbocycles. The minimum atomic E-state index is -4.63. The van der Waals surface area contributed by atoms with Crippen LogP contribution < -0.4 is 9.44 Å². The lowest BCUT2D eigenvalue weighted by molar-refractivity contribution is -0.881. The third kappa shape index (κ3) is 10.7. The van der Waals surface area contributed by atoms with Gasteiger partial charge in [0.15, 0.2) is 0 Å². The summed E-state index contributed by atoms with van der Waals surface area (Å²) in [6.07, 6.45) is -2.17. The number of piperidine rings is 1. The van der Waals surface area contributed by atoms with E-state index in [4.69, 9.17) is 0 Å². The van der Waals surface area contributed by atoms with Gasteiger partial charge in [0.25, 0.3) is 20.4 Å². The van der Waals surface area contributed by atoms with Gasteiger partial charge in [-0.15, -0.1) is 0 Å². The Morgan fingerprint density at radius 1 is 0.691 bits per heavy atom. The van der Waals surface area contributed by atoms with Crippen LogP contribution >= 0.6 is 0 Å². The smallest absolute Gasteiger partial charge is 0.402 e. The number of hydroxylamine groups is 3. The van der Waals surface area contributed by atoms with E-state index in [0.717, 1.165) is 52.6 Å². The van der Waals surface area contributed by atoms with E-state index in [1.165, 1.54) is 13.2 Å². The molecule has 0 aromatic heterocycles. The predicted molar refractivity (Wildman–Crippen MR) is 232 cm³/mol. The summed E-state index contributed by atoms with van der Waals surface area (Å²) < 4.78 is 177. The molecule has 9 rings (SSSR count). The molecule has 4 aliphatic carbocycles. The lowest BCUT2D eigenvalue weighted by Gasteiger charge is -2.47. The zero-order chi connectivity index (χ0) is 49.3. The maximum atomic E-state index is 13.1. The monoisotopic (exact) mass is 1010 g/mol. The van der Waals surface area contributed by atoms with Crippen molar-refractivity contribution in [3.05, 3.63) is 87.1 Å². The maximum Gasteiger partial charge on any atom is 0.402 e. The van der Waals surface area contributed by atoms with Crippen LogP contribution in [0, 0.1) is 34.8 Å². The Morgan fingerprint density at radius 3 is 1.50 bits per heavy atom. The molecule has 5 fully saturated rings. The van der Waals surface area contributed by atoms with Crippen molar-refractivity contribution < 1.29 is 70.5 Å². The van der Waals surface area contributed by atoms with Crippen molar-refractivity contribution in [2.45, 2.75) is 93.8 Å². The fraction of sp³-hybridized carbons (Fsp3) is 0.622. The first-order valence-electron chi connectivity index (χ1n) is 22.6. The SMILES string of the molecule is COC(=O)/C=C/c1ccc2c(c1)C[C@H]1CC[C@@H](C2)[C@]12CN(CC(F)(F)F)S(=O)(=O)N2.O=S1(=O)N[C@@]2(CN1CC(F)(F)F)[C@@H]1CC[C@H]2Cc2ccc(/C=C/C[N+]3([O-])CCC(C(F)(F)F)CC3)cc2C1. The Bertz CT molecular complexity index is 2530. The molecule has 3 heterocycles. The molecule has 0 radical (unpaired) electrons. The largest absolute Gasteiger partial charge is 0.633 e. The zero-order valence-corrected chi connectivity index (χ0v) is 38.7. The van der Waals surface area contributed by atoms with Gasteiger partial charge in [0, 0.05) is 32.0 Å². The molecule has 2 spiro atoms. The highest BCUT2D eigenvalue weighted by atomic mass is 32.2. The standard InChI is InChI=1S/C25H31F6N3O3S.C20H23F3N2O4S/c26-24(27,28)16-33-15-23(32-38(33,36)37)21-5-6-22(23)14-19-12-17(3-4-18(19)13-21)2-1-9-34(35)10-7-20(8-11-34)25(29,30)31;1-29-18(26)7-3-13-2-4-14-9-16-5-6-17(10-15(14)8-13)19(16)11-25(12-20(21,22)23)30(27,28)24-19/h1-4,12,20-22,32H,5-11,13-16H2;2-4,7-8,16-17,24H,5-6,9-12H2,1H3/b2-1+;7-3+/t20?,21-,22+,23+,34?;16-,17+,19+/m00/s1. The van der Waals surface area contributed by atoms with E-state index in [-0.39, 0.29) is 69.2 Å². The molecular formula is C45H54F9N5O7S2. The van der Waals surface area contributed by atoms with E-state index >= 15 is 0 Å². The highest BCUT2D eigenvalue weighted by molar-refractivity contribution is 7.87. The zero-order valence-electron chi connectivity index (χ0n) is 37.1. The van der Waals surface area contributed by atoms with E-state index < -0.39 is 79.6 Å². The molecule has 6 atom stereocenters. The molecule has 3 saturated heterocycles. The quantitative estimate of drug-likeness (QED) is 0.0998. The van der Waals surface area contributed by atoms with Crippen molar-refractivity contribution in [1.29, 1.82) is 0 Å². The molecular weight excluding hydrogens is 958 g/mol. The average Bonchev–Trinajstić information content (AvgIpc) is 3.82. The number of methoxy groups -OCH3 is 1. The molecule has 68 heavy (non-hydrogen) atoms. The predicted octanol–water partition coefficient (Wildman–Crippen LogP) is 7.01. The first-order chi connectivity index (χ1) is 31.6. The van der Waals surface area contributed by atoms with Gasteiger partial charge in [0.2, 0.25) is 0 Å². The first kappa shape index (κ1) is 50.8. The van der Waals surface area contributed by atoms with Crippen molar-refractivity contribution in [2.75, 3.05) is 52.9 Å². The summed E-state index contributed by atoms with van der Waals surface area (Å²) in [6, 6.07) is 11.6. The Hall–Kier alpha value is -3.58. The molecule has 0 unspecified atom stereocenters. The van der Waals surface area contributed by atoms with E-state index in [9.17, 15) is 66.4 Å². The van der Waals surface area contributed by atoms with E-state index in [0.29, 0.717) is 40.7 Å². The van der Waals surface area contributed by atoms with Gasteiger partial charge in [0.05, 0.1) is 43.7 Å². The highest BCUT2D eigenvalue weighted by Gasteiger charge is 2.62. The van der Waals surface area contributed by atoms with Crippen LogP contribution in [-0.2, 0) is 55.6 Å². The third-order valence-electron chi connectivity index (χ3n) is 15.5. The number of halogens is 9. The number of nitrogens with zero attached hydrogens (tertiary/aromatic N) is 3. The number of benzene rings is 2. The lowest BCUT2D eigenvalue weighted by atomic mass is 9.79. The molecule has 2 N–H and O–H groups in total. The third-order valence-corrected chi connectivity index (χ3v) is 18.6. The Morgan fingerprint density at radius 2 is 1.10 bits per heavy atom. The number of carbonyl (C=O) groups is 1. The summed E-state index contributed by atoms with van der Waals surface area (Å²) in [5.41, 5.74) is 3.96. The number of esters is 1. The molecule has 4 bridgehead atoms. The topological polar surface area (TPSA) is 148 Å².